The van der Waals surface area contributed by atoms with Crippen LogP contribution in [0.2, 0.25) is 0 Å². The average molecular weight is 390 g/mol. The number of nitrogens with one attached hydrogen (secondary N) is 2. The molecule has 2 aromatic heterocycles. The zero-order valence-electron chi connectivity index (χ0n) is 15.8. The normalized spacial score (nSPS) is 17.0. The highest BCUT2D eigenvalue weighted by molar-refractivity contribution is 5.54. The van der Waals surface area contributed by atoms with Gasteiger partial charge in [0.2, 0.25) is 12.5 Å². The minimum absolute atomic E-state index is 0.384. The van der Waals surface area contributed by atoms with Crippen LogP contribution in [0.4, 0.5) is 26.2 Å². The van der Waals surface area contributed by atoms with E-state index in [-0.39, 0.29) is 0 Å². The van der Waals surface area contributed by atoms with Crippen molar-refractivity contribution in [2.75, 3.05) is 43.4 Å². The summed E-state index contributed by atoms with van der Waals surface area (Å²) in [6, 6.07) is 0. The molecule has 0 aliphatic carbocycles. The van der Waals surface area contributed by atoms with Crippen molar-refractivity contribution >= 4 is 17.5 Å². The Morgan fingerprint density at radius 1 is 1.39 bits per heavy atom. The zero-order valence-corrected chi connectivity index (χ0v) is 15.8. The van der Waals surface area contributed by atoms with E-state index < -0.39 is 13.0 Å². The minimum atomic E-state index is -2.45. The van der Waals surface area contributed by atoms with Gasteiger partial charge in [-0.1, -0.05) is 0 Å². The quantitative estimate of drug-likeness (QED) is 0.641. The van der Waals surface area contributed by atoms with Gasteiger partial charge in [-0.15, -0.1) is 0 Å². The molecule has 0 amide bonds. The number of alkyl halides is 2. The number of nitrogens with zero attached hydrogens (tertiary/aromatic N) is 6. The van der Waals surface area contributed by atoms with E-state index in [4.69, 9.17) is 6.57 Å². The smallest absolute Gasteiger partial charge is 0.257 e. The second kappa shape index (κ2) is 9.41. The fraction of sp³-hybridized carbons (Fsp3) is 0.556. The highest BCUT2D eigenvalue weighted by Gasteiger charge is 2.22. The lowest BCUT2D eigenvalue weighted by Gasteiger charge is -2.15. The van der Waals surface area contributed by atoms with Gasteiger partial charge in [0.25, 0.3) is 6.43 Å². The second-order valence-corrected chi connectivity index (χ2v) is 6.91. The van der Waals surface area contributed by atoms with Crippen molar-refractivity contribution in [3.8, 4) is 0 Å². The first-order valence-corrected chi connectivity index (χ1v) is 9.24. The Bertz CT molecular complexity index is 816. The maximum absolute atomic E-state index is 12.4. The van der Waals surface area contributed by atoms with Crippen LogP contribution in [0.5, 0.6) is 0 Å². The molecule has 1 aliphatic heterocycles. The standard InChI is InChI=1S/C18H24F2N8/c1-13-7-23-18(25-15-9-24-28(11-15)12-16(19)20)26-17(13)22-8-14-3-5-27(10-14)6-4-21-2/h7,9,11,14,16H,3-6,8,10,12H2,1H3,(H2,22,23,25,26)/t14-/m1/s1. The highest BCUT2D eigenvalue weighted by atomic mass is 19.3. The molecule has 0 saturated carbocycles. The van der Waals surface area contributed by atoms with E-state index in [1.54, 1.807) is 6.20 Å². The molecule has 150 valence electrons. The minimum Gasteiger partial charge on any atom is -0.369 e. The molecule has 0 radical (unpaired) electrons. The van der Waals surface area contributed by atoms with Crippen LogP contribution in [-0.4, -0.2) is 63.8 Å². The topological polar surface area (TPSA) is 75.3 Å². The Kier molecular flexibility index (Phi) is 6.71. The molecule has 3 heterocycles. The molecule has 10 heteroatoms. The van der Waals surface area contributed by atoms with Gasteiger partial charge in [-0.05, 0) is 25.8 Å². The lowest BCUT2D eigenvalue weighted by Crippen LogP contribution is -2.25. The number of rotatable bonds is 9. The van der Waals surface area contributed by atoms with Gasteiger partial charge in [-0.3, -0.25) is 9.58 Å². The summed E-state index contributed by atoms with van der Waals surface area (Å²) in [5, 5.41) is 10.3. The van der Waals surface area contributed by atoms with Crippen LogP contribution in [0.15, 0.2) is 18.6 Å². The van der Waals surface area contributed by atoms with Gasteiger partial charge in [-0.25, -0.2) is 20.3 Å². The van der Waals surface area contributed by atoms with Gasteiger partial charge >= 0.3 is 0 Å². The molecule has 1 fully saturated rings. The Balaban J connectivity index is 1.55. The van der Waals surface area contributed by atoms with Gasteiger partial charge in [-0.2, -0.15) is 10.1 Å². The van der Waals surface area contributed by atoms with Gasteiger partial charge in [0.15, 0.2) is 0 Å². The molecule has 1 saturated heterocycles. The number of likely N-dealkylation sites (tertiary alicyclic amines) is 1. The third-order valence-corrected chi connectivity index (χ3v) is 4.64. The molecule has 0 bridgehead atoms. The summed E-state index contributed by atoms with van der Waals surface area (Å²) in [7, 11) is 0. The number of hydrogen-bond donors (Lipinski definition) is 2. The third kappa shape index (κ3) is 5.60. The Labute approximate surface area is 162 Å². The first kappa shape index (κ1) is 19.9. The fourth-order valence-corrected chi connectivity index (χ4v) is 3.19. The predicted molar refractivity (Wildman–Crippen MR) is 103 cm³/mol. The molecular weight excluding hydrogens is 366 g/mol. The van der Waals surface area contributed by atoms with E-state index in [9.17, 15) is 8.78 Å². The van der Waals surface area contributed by atoms with E-state index in [0.29, 0.717) is 24.1 Å². The van der Waals surface area contributed by atoms with Gasteiger partial charge in [0.05, 0.1) is 18.4 Å². The van der Waals surface area contributed by atoms with E-state index in [0.717, 1.165) is 44.0 Å². The van der Waals surface area contributed by atoms with E-state index in [1.807, 2.05) is 6.92 Å². The van der Waals surface area contributed by atoms with Crippen LogP contribution >= 0.6 is 0 Å². The maximum atomic E-state index is 12.4. The molecular formula is C18H24F2N8. The maximum Gasteiger partial charge on any atom is 0.257 e. The van der Waals surface area contributed by atoms with Crippen molar-refractivity contribution in [2.45, 2.75) is 26.3 Å². The van der Waals surface area contributed by atoms with Crippen LogP contribution in [0.3, 0.4) is 0 Å². The third-order valence-electron chi connectivity index (χ3n) is 4.64. The van der Waals surface area contributed by atoms with Crippen molar-refractivity contribution in [3.05, 3.63) is 35.6 Å². The van der Waals surface area contributed by atoms with E-state index in [2.05, 4.69) is 35.4 Å². The van der Waals surface area contributed by atoms with Crippen LogP contribution < -0.4 is 10.6 Å². The Morgan fingerprint density at radius 2 is 2.25 bits per heavy atom. The van der Waals surface area contributed by atoms with Crippen LogP contribution in [-0.2, 0) is 6.54 Å². The van der Waals surface area contributed by atoms with Crippen molar-refractivity contribution < 1.29 is 8.78 Å². The van der Waals surface area contributed by atoms with Crippen LogP contribution in [0.1, 0.15) is 12.0 Å². The number of aryl methyl sites for hydroxylation is 1. The highest BCUT2D eigenvalue weighted by Crippen LogP contribution is 2.20. The summed E-state index contributed by atoms with van der Waals surface area (Å²) in [5.74, 6) is 1.65. The van der Waals surface area contributed by atoms with Crippen molar-refractivity contribution in [3.63, 3.8) is 0 Å². The van der Waals surface area contributed by atoms with Crippen LogP contribution in [0.25, 0.3) is 4.85 Å². The van der Waals surface area contributed by atoms with Crippen LogP contribution in [0, 0.1) is 19.4 Å². The van der Waals surface area contributed by atoms with Crippen molar-refractivity contribution in [1.29, 1.82) is 0 Å². The van der Waals surface area contributed by atoms with Gasteiger partial charge < -0.3 is 15.5 Å². The average Bonchev–Trinajstić information content (AvgIpc) is 3.29. The summed E-state index contributed by atoms with van der Waals surface area (Å²) in [6.45, 7) is 12.6. The summed E-state index contributed by atoms with van der Waals surface area (Å²) in [6.07, 6.45) is 3.34. The number of hydrogen-bond acceptors (Lipinski definition) is 6. The molecule has 1 atom stereocenters. The number of halogens is 2. The number of aromatic nitrogens is 4. The zero-order chi connectivity index (χ0) is 19.9. The lowest BCUT2D eigenvalue weighted by molar-refractivity contribution is 0.122. The van der Waals surface area contributed by atoms with Crippen molar-refractivity contribution in [2.24, 2.45) is 5.92 Å². The van der Waals surface area contributed by atoms with Crippen molar-refractivity contribution in [1.82, 2.24) is 24.6 Å². The first-order valence-electron chi connectivity index (χ1n) is 9.24. The molecule has 8 nitrogen and oxygen atoms in total. The molecule has 0 unspecified atom stereocenters. The summed E-state index contributed by atoms with van der Waals surface area (Å²) < 4.78 is 26.0. The fourth-order valence-electron chi connectivity index (χ4n) is 3.19. The molecule has 2 aromatic rings. The Hall–Kier alpha value is -2.80. The summed E-state index contributed by atoms with van der Waals surface area (Å²) in [4.78, 5) is 14.5. The van der Waals surface area contributed by atoms with E-state index >= 15 is 0 Å². The molecule has 28 heavy (non-hydrogen) atoms. The Morgan fingerprint density at radius 3 is 3.04 bits per heavy atom. The number of anilines is 3. The molecule has 2 N–H and O–H groups in total. The molecule has 0 spiro atoms. The predicted octanol–water partition coefficient (Wildman–Crippen LogP) is 2.64. The molecule has 3 rings (SSSR count). The summed E-state index contributed by atoms with van der Waals surface area (Å²) >= 11 is 0. The first-order chi connectivity index (χ1) is 13.5. The molecule has 1 aliphatic rings. The lowest BCUT2D eigenvalue weighted by atomic mass is 10.1. The summed E-state index contributed by atoms with van der Waals surface area (Å²) in [5.41, 5.74) is 1.49. The SMILES string of the molecule is [C-]#[N+]CCN1CC[C@H](CNc2nc(Nc3cnn(CC(F)F)c3)ncc2C)C1. The monoisotopic (exact) mass is 390 g/mol. The van der Waals surface area contributed by atoms with E-state index in [1.165, 1.54) is 17.1 Å². The second-order valence-electron chi connectivity index (χ2n) is 6.91. The van der Waals surface area contributed by atoms with Gasteiger partial charge in [0.1, 0.15) is 12.4 Å². The van der Waals surface area contributed by atoms with Gasteiger partial charge in [0, 0.05) is 31.0 Å². The largest absolute Gasteiger partial charge is 0.369 e. The molecule has 0 aromatic carbocycles.